The molecule has 1 amide bonds. The van der Waals surface area contributed by atoms with Crippen LogP contribution >= 0.6 is 0 Å². The zero-order valence-electron chi connectivity index (χ0n) is 18.5. The van der Waals surface area contributed by atoms with Crippen LogP contribution < -0.4 is 14.2 Å². The first kappa shape index (κ1) is 20.9. The van der Waals surface area contributed by atoms with Gasteiger partial charge in [-0.1, -0.05) is 30.4 Å². The molecule has 6 heteroatoms. The molecule has 0 spiro atoms. The second-order valence-electron chi connectivity index (χ2n) is 8.80. The number of nitrogens with zero attached hydrogens (tertiary/aromatic N) is 2. The Labute approximate surface area is 189 Å². The molecule has 168 valence electrons. The van der Waals surface area contributed by atoms with Crippen molar-refractivity contribution in [1.82, 2.24) is 9.80 Å². The molecule has 3 aliphatic rings. The normalized spacial score (nSPS) is 22.9. The zero-order chi connectivity index (χ0) is 21.9. The summed E-state index contributed by atoms with van der Waals surface area (Å²) in [5.41, 5.74) is 2.28. The second-order valence-corrected chi connectivity index (χ2v) is 8.80. The molecule has 2 atom stereocenters. The van der Waals surface area contributed by atoms with Gasteiger partial charge in [0, 0.05) is 38.6 Å². The standard InChI is InChI=1S/C26H30N2O4/c1-30-22-8-4-19(5-9-22)3-2-13-27-14-12-23-21(17-27)7-11-26(29)28(23)16-20-6-10-24-25(15-20)32-18-31-24/h2-6,8-10,15,21,23H,7,11-14,16-18H2,1H3/b3-2+/t21-,23+/m1/s1. The fourth-order valence-corrected chi connectivity index (χ4v) is 5.09. The topological polar surface area (TPSA) is 51.2 Å². The predicted octanol–water partition coefficient (Wildman–Crippen LogP) is 3.95. The molecule has 2 aromatic rings. The lowest BCUT2D eigenvalue weighted by Gasteiger charge is -2.47. The molecule has 0 aromatic heterocycles. The van der Waals surface area contributed by atoms with E-state index in [4.69, 9.17) is 14.2 Å². The summed E-state index contributed by atoms with van der Waals surface area (Å²) in [6.45, 7) is 3.91. The number of carbonyl (C=O) groups is 1. The summed E-state index contributed by atoms with van der Waals surface area (Å²) >= 11 is 0. The highest BCUT2D eigenvalue weighted by Crippen LogP contribution is 2.35. The van der Waals surface area contributed by atoms with Gasteiger partial charge in [-0.25, -0.2) is 0 Å². The van der Waals surface area contributed by atoms with Crippen molar-refractivity contribution in [3.8, 4) is 17.2 Å². The van der Waals surface area contributed by atoms with Gasteiger partial charge in [0.15, 0.2) is 11.5 Å². The van der Waals surface area contributed by atoms with Crippen molar-refractivity contribution in [1.29, 1.82) is 0 Å². The highest BCUT2D eigenvalue weighted by molar-refractivity contribution is 5.77. The van der Waals surface area contributed by atoms with Gasteiger partial charge in [0.25, 0.3) is 0 Å². The van der Waals surface area contributed by atoms with Gasteiger partial charge in [0.05, 0.1) is 7.11 Å². The number of fused-ring (bicyclic) bond motifs is 2. The Kier molecular flexibility index (Phi) is 6.04. The number of ether oxygens (including phenoxy) is 3. The maximum Gasteiger partial charge on any atom is 0.231 e. The molecule has 0 bridgehead atoms. The smallest absolute Gasteiger partial charge is 0.231 e. The Bertz CT molecular complexity index is 988. The lowest BCUT2D eigenvalue weighted by molar-refractivity contribution is -0.141. The van der Waals surface area contributed by atoms with E-state index < -0.39 is 0 Å². The molecule has 0 saturated carbocycles. The first-order valence-electron chi connectivity index (χ1n) is 11.4. The number of carbonyl (C=O) groups excluding carboxylic acids is 1. The predicted molar refractivity (Wildman–Crippen MR) is 123 cm³/mol. The number of piperidine rings is 2. The molecule has 5 rings (SSSR count). The summed E-state index contributed by atoms with van der Waals surface area (Å²) in [6.07, 6.45) is 7.06. The number of methoxy groups -OCH3 is 1. The van der Waals surface area contributed by atoms with Crippen LogP contribution in [0.1, 0.15) is 30.4 Å². The van der Waals surface area contributed by atoms with E-state index in [-0.39, 0.29) is 12.7 Å². The van der Waals surface area contributed by atoms with Crippen LogP contribution in [0.2, 0.25) is 0 Å². The van der Waals surface area contributed by atoms with E-state index in [9.17, 15) is 4.79 Å². The molecule has 6 nitrogen and oxygen atoms in total. The van der Waals surface area contributed by atoms with Crippen LogP contribution in [0, 0.1) is 5.92 Å². The van der Waals surface area contributed by atoms with Crippen molar-refractivity contribution in [3.05, 3.63) is 59.7 Å². The van der Waals surface area contributed by atoms with E-state index in [1.807, 2.05) is 30.3 Å². The molecular formula is C26H30N2O4. The average Bonchev–Trinajstić information content (AvgIpc) is 3.29. The highest BCUT2D eigenvalue weighted by Gasteiger charge is 2.39. The molecule has 2 fully saturated rings. The van der Waals surface area contributed by atoms with Gasteiger partial charge in [-0.15, -0.1) is 0 Å². The van der Waals surface area contributed by atoms with Gasteiger partial charge in [-0.2, -0.15) is 0 Å². The average molecular weight is 435 g/mol. The fraction of sp³-hybridized carbons (Fsp3) is 0.423. The first-order chi connectivity index (χ1) is 15.7. The number of amides is 1. The van der Waals surface area contributed by atoms with Crippen LogP contribution in [-0.4, -0.2) is 55.3 Å². The summed E-state index contributed by atoms with van der Waals surface area (Å²) in [5.74, 6) is 3.25. The molecule has 0 radical (unpaired) electrons. The van der Waals surface area contributed by atoms with Gasteiger partial charge in [-0.05, 0) is 54.2 Å². The molecule has 32 heavy (non-hydrogen) atoms. The minimum Gasteiger partial charge on any atom is -0.497 e. The Morgan fingerprint density at radius 2 is 1.94 bits per heavy atom. The first-order valence-corrected chi connectivity index (χ1v) is 11.4. The van der Waals surface area contributed by atoms with E-state index in [1.165, 1.54) is 5.56 Å². The van der Waals surface area contributed by atoms with Gasteiger partial charge >= 0.3 is 0 Å². The summed E-state index contributed by atoms with van der Waals surface area (Å²) in [4.78, 5) is 17.4. The molecule has 0 aliphatic carbocycles. The highest BCUT2D eigenvalue weighted by atomic mass is 16.7. The van der Waals surface area contributed by atoms with Crippen LogP contribution in [-0.2, 0) is 11.3 Å². The maximum atomic E-state index is 12.8. The van der Waals surface area contributed by atoms with E-state index in [0.29, 0.717) is 24.9 Å². The zero-order valence-corrected chi connectivity index (χ0v) is 18.5. The molecule has 0 N–H and O–H groups in total. The van der Waals surface area contributed by atoms with Crippen molar-refractivity contribution in [3.63, 3.8) is 0 Å². The van der Waals surface area contributed by atoms with Crippen LogP contribution in [0.5, 0.6) is 17.2 Å². The molecule has 3 heterocycles. The summed E-state index contributed by atoms with van der Waals surface area (Å²) < 4.78 is 16.1. The Balaban J connectivity index is 1.19. The van der Waals surface area contributed by atoms with E-state index >= 15 is 0 Å². The number of hydrogen-bond donors (Lipinski definition) is 0. The van der Waals surface area contributed by atoms with Gasteiger partial charge in [-0.3, -0.25) is 9.69 Å². The third-order valence-electron chi connectivity index (χ3n) is 6.81. The maximum absolute atomic E-state index is 12.8. The van der Waals surface area contributed by atoms with Crippen molar-refractivity contribution in [2.75, 3.05) is 33.5 Å². The summed E-state index contributed by atoms with van der Waals surface area (Å²) in [5, 5.41) is 0. The molecule has 0 unspecified atom stereocenters. The second kappa shape index (κ2) is 9.25. The molecular weight excluding hydrogens is 404 g/mol. The number of likely N-dealkylation sites (tertiary alicyclic amines) is 2. The minimum absolute atomic E-state index is 0.273. The summed E-state index contributed by atoms with van der Waals surface area (Å²) in [7, 11) is 1.68. The Morgan fingerprint density at radius 1 is 1.09 bits per heavy atom. The van der Waals surface area contributed by atoms with Crippen LogP contribution in [0.15, 0.2) is 48.5 Å². The molecule has 2 saturated heterocycles. The van der Waals surface area contributed by atoms with E-state index in [0.717, 1.165) is 55.3 Å². The van der Waals surface area contributed by atoms with Crippen LogP contribution in [0.3, 0.4) is 0 Å². The third kappa shape index (κ3) is 4.46. The Morgan fingerprint density at radius 3 is 2.78 bits per heavy atom. The van der Waals surface area contributed by atoms with Crippen LogP contribution in [0.25, 0.3) is 6.08 Å². The van der Waals surface area contributed by atoms with Crippen molar-refractivity contribution in [2.24, 2.45) is 5.92 Å². The quantitative estimate of drug-likeness (QED) is 0.689. The van der Waals surface area contributed by atoms with Crippen molar-refractivity contribution < 1.29 is 19.0 Å². The van der Waals surface area contributed by atoms with Gasteiger partial charge in [0.2, 0.25) is 12.7 Å². The molecule has 3 aliphatic heterocycles. The number of hydrogen-bond acceptors (Lipinski definition) is 5. The minimum atomic E-state index is 0.273. The lowest BCUT2D eigenvalue weighted by atomic mass is 9.83. The van der Waals surface area contributed by atoms with E-state index in [1.54, 1.807) is 7.11 Å². The van der Waals surface area contributed by atoms with E-state index in [2.05, 4.69) is 34.1 Å². The largest absolute Gasteiger partial charge is 0.497 e. The van der Waals surface area contributed by atoms with Crippen molar-refractivity contribution in [2.45, 2.75) is 31.8 Å². The van der Waals surface area contributed by atoms with Crippen molar-refractivity contribution >= 4 is 12.0 Å². The summed E-state index contributed by atoms with van der Waals surface area (Å²) in [6, 6.07) is 14.4. The van der Waals surface area contributed by atoms with Gasteiger partial charge < -0.3 is 19.1 Å². The Hall–Kier alpha value is -2.99. The molecule has 2 aromatic carbocycles. The number of rotatable bonds is 6. The van der Waals surface area contributed by atoms with Crippen LogP contribution in [0.4, 0.5) is 0 Å². The number of benzene rings is 2. The van der Waals surface area contributed by atoms with Gasteiger partial charge in [0.1, 0.15) is 5.75 Å². The third-order valence-corrected chi connectivity index (χ3v) is 6.81. The SMILES string of the molecule is COc1ccc(/C=C/CN2CC[C@H]3[C@H](CCC(=O)N3Cc3ccc4c(c3)OCO4)C2)cc1. The fourth-order valence-electron chi connectivity index (χ4n) is 5.09. The lowest BCUT2D eigenvalue weighted by Crippen LogP contribution is -2.55. The monoisotopic (exact) mass is 434 g/mol.